The van der Waals surface area contributed by atoms with E-state index in [0.717, 1.165) is 57.9 Å². The van der Waals surface area contributed by atoms with E-state index < -0.39 is 0 Å². The van der Waals surface area contributed by atoms with E-state index in [4.69, 9.17) is 0 Å². The Morgan fingerprint density at radius 1 is 0.879 bits per heavy atom. The molecule has 2 aromatic rings. The highest BCUT2D eigenvalue weighted by Crippen LogP contribution is 2.24. The first kappa shape index (κ1) is 24.0. The average molecular weight is 445 g/mol. The Balaban J connectivity index is 1.31. The molecule has 33 heavy (non-hydrogen) atoms. The molecule has 1 saturated carbocycles. The Hall–Kier alpha value is -2.19. The zero-order valence-electron chi connectivity index (χ0n) is 20.4. The van der Waals surface area contributed by atoms with Crippen LogP contribution in [0.4, 0.5) is 0 Å². The summed E-state index contributed by atoms with van der Waals surface area (Å²) < 4.78 is 0. The SMILES string of the molecule is Cc1cccc(CN2CCN(CCN(Cc3cccc(C#N)c3)C3CCCCCC3)CC2)c1. The van der Waals surface area contributed by atoms with Crippen molar-refractivity contribution in [3.05, 3.63) is 70.8 Å². The molecule has 0 amide bonds. The minimum absolute atomic E-state index is 0.681. The Morgan fingerprint density at radius 3 is 2.30 bits per heavy atom. The van der Waals surface area contributed by atoms with Gasteiger partial charge in [0.15, 0.2) is 0 Å². The van der Waals surface area contributed by atoms with Crippen LogP contribution in [0.2, 0.25) is 0 Å². The Bertz CT molecular complexity index is 902. The Morgan fingerprint density at radius 2 is 1.58 bits per heavy atom. The summed E-state index contributed by atoms with van der Waals surface area (Å²) in [4.78, 5) is 7.98. The van der Waals surface area contributed by atoms with E-state index in [1.54, 1.807) is 0 Å². The third-order valence-electron chi connectivity index (χ3n) is 7.44. The maximum atomic E-state index is 9.31. The van der Waals surface area contributed by atoms with Gasteiger partial charge in [-0.2, -0.15) is 5.26 Å². The van der Waals surface area contributed by atoms with Crippen molar-refractivity contribution in [3.8, 4) is 6.07 Å². The van der Waals surface area contributed by atoms with Crippen molar-refractivity contribution >= 4 is 0 Å². The first-order valence-corrected chi connectivity index (χ1v) is 12.9. The summed E-state index contributed by atoms with van der Waals surface area (Å²) >= 11 is 0. The molecule has 0 N–H and O–H groups in total. The highest BCUT2D eigenvalue weighted by molar-refractivity contribution is 5.32. The van der Waals surface area contributed by atoms with Crippen LogP contribution in [0.15, 0.2) is 48.5 Å². The van der Waals surface area contributed by atoms with Gasteiger partial charge in [-0.1, -0.05) is 67.6 Å². The molecule has 4 rings (SSSR count). The van der Waals surface area contributed by atoms with Gasteiger partial charge in [0.1, 0.15) is 0 Å². The minimum Gasteiger partial charge on any atom is -0.300 e. The van der Waals surface area contributed by atoms with Crippen LogP contribution in [0.3, 0.4) is 0 Å². The van der Waals surface area contributed by atoms with Gasteiger partial charge in [-0.3, -0.25) is 14.7 Å². The van der Waals surface area contributed by atoms with Crippen LogP contribution in [0.25, 0.3) is 0 Å². The fourth-order valence-electron chi connectivity index (χ4n) is 5.50. The van der Waals surface area contributed by atoms with Crippen LogP contribution >= 0.6 is 0 Å². The van der Waals surface area contributed by atoms with Gasteiger partial charge >= 0.3 is 0 Å². The molecule has 4 nitrogen and oxygen atoms in total. The molecule has 1 saturated heterocycles. The van der Waals surface area contributed by atoms with Crippen molar-refractivity contribution in [2.75, 3.05) is 39.3 Å². The topological polar surface area (TPSA) is 33.5 Å². The molecule has 0 spiro atoms. The predicted octanol–water partition coefficient (Wildman–Crippen LogP) is 5.21. The smallest absolute Gasteiger partial charge is 0.0991 e. The molecule has 0 unspecified atom stereocenters. The number of rotatable bonds is 8. The molecule has 0 bridgehead atoms. The van der Waals surface area contributed by atoms with Crippen molar-refractivity contribution in [2.24, 2.45) is 0 Å². The molecular weight excluding hydrogens is 404 g/mol. The highest BCUT2D eigenvalue weighted by Gasteiger charge is 2.23. The van der Waals surface area contributed by atoms with Gasteiger partial charge in [-0.05, 0) is 43.0 Å². The van der Waals surface area contributed by atoms with Crippen molar-refractivity contribution in [3.63, 3.8) is 0 Å². The fourth-order valence-corrected chi connectivity index (χ4v) is 5.50. The standard InChI is InChI=1S/C29H40N4/c1-25-8-6-10-27(20-25)23-32-16-14-31(15-17-32)18-19-33(29-12-4-2-3-5-13-29)24-28-11-7-9-26(21-28)22-30/h6-11,20-21,29H,2-5,12-19,23-24H2,1H3. The molecule has 1 heterocycles. The lowest BCUT2D eigenvalue weighted by atomic mass is 10.0. The Labute approximate surface area is 200 Å². The first-order valence-electron chi connectivity index (χ1n) is 12.9. The van der Waals surface area contributed by atoms with E-state index in [1.807, 2.05) is 12.1 Å². The van der Waals surface area contributed by atoms with Gasteiger partial charge in [-0.25, -0.2) is 0 Å². The molecule has 0 radical (unpaired) electrons. The van der Waals surface area contributed by atoms with Crippen LogP contribution in [0, 0.1) is 18.3 Å². The van der Waals surface area contributed by atoms with Crippen molar-refractivity contribution in [2.45, 2.75) is 64.6 Å². The lowest BCUT2D eigenvalue weighted by Gasteiger charge is -2.37. The highest BCUT2D eigenvalue weighted by atomic mass is 15.3. The van der Waals surface area contributed by atoms with E-state index in [2.05, 4.69) is 64.1 Å². The van der Waals surface area contributed by atoms with Crippen LogP contribution in [-0.2, 0) is 13.1 Å². The number of nitrogens with zero attached hydrogens (tertiary/aromatic N) is 4. The van der Waals surface area contributed by atoms with Gasteiger partial charge in [0, 0.05) is 58.4 Å². The second-order valence-electron chi connectivity index (χ2n) is 10.0. The summed E-state index contributed by atoms with van der Waals surface area (Å²) in [7, 11) is 0. The van der Waals surface area contributed by atoms with Crippen molar-refractivity contribution in [1.29, 1.82) is 5.26 Å². The molecule has 0 aromatic heterocycles. The quantitative estimate of drug-likeness (QED) is 0.524. The molecule has 2 fully saturated rings. The van der Waals surface area contributed by atoms with Gasteiger partial charge in [0.05, 0.1) is 11.6 Å². The molecule has 176 valence electrons. The molecule has 0 atom stereocenters. The number of hydrogen-bond acceptors (Lipinski definition) is 4. The number of nitriles is 1. The summed E-state index contributed by atoms with van der Waals surface area (Å²) in [6.45, 7) is 11.1. The molecule has 1 aliphatic heterocycles. The van der Waals surface area contributed by atoms with E-state index >= 15 is 0 Å². The lowest BCUT2D eigenvalue weighted by Crippen LogP contribution is -2.49. The number of piperazine rings is 1. The van der Waals surface area contributed by atoms with Gasteiger partial charge in [0.25, 0.3) is 0 Å². The molecule has 2 aromatic carbocycles. The second kappa shape index (κ2) is 12.3. The fraction of sp³-hybridized carbons (Fsp3) is 0.552. The summed E-state index contributed by atoms with van der Waals surface area (Å²) in [6.07, 6.45) is 8.13. The summed E-state index contributed by atoms with van der Waals surface area (Å²) in [5.41, 5.74) is 4.84. The van der Waals surface area contributed by atoms with Crippen LogP contribution < -0.4 is 0 Å². The van der Waals surface area contributed by atoms with Crippen molar-refractivity contribution < 1.29 is 0 Å². The average Bonchev–Trinajstić information content (AvgIpc) is 3.12. The first-order chi connectivity index (χ1) is 16.2. The van der Waals surface area contributed by atoms with Crippen LogP contribution in [-0.4, -0.2) is 60.0 Å². The normalized spacial score (nSPS) is 18.8. The van der Waals surface area contributed by atoms with E-state index in [1.165, 1.54) is 55.2 Å². The van der Waals surface area contributed by atoms with Crippen molar-refractivity contribution in [1.82, 2.24) is 14.7 Å². The van der Waals surface area contributed by atoms with E-state index in [-0.39, 0.29) is 0 Å². The summed E-state index contributed by atoms with van der Waals surface area (Å²) in [5.74, 6) is 0. The number of hydrogen-bond donors (Lipinski definition) is 0. The zero-order valence-corrected chi connectivity index (χ0v) is 20.4. The number of benzene rings is 2. The maximum absolute atomic E-state index is 9.31. The monoisotopic (exact) mass is 444 g/mol. The van der Waals surface area contributed by atoms with Gasteiger partial charge < -0.3 is 0 Å². The second-order valence-corrected chi connectivity index (χ2v) is 10.0. The molecule has 2 aliphatic rings. The molecule has 4 heteroatoms. The third kappa shape index (κ3) is 7.40. The third-order valence-corrected chi connectivity index (χ3v) is 7.44. The largest absolute Gasteiger partial charge is 0.300 e. The maximum Gasteiger partial charge on any atom is 0.0991 e. The number of aryl methyl sites for hydroxylation is 1. The molecular formula is C29H40N4. The summed E-state index contributed by atoms with van der Waals surface area (Å²) in [5, 5.41) is 9.31. The minimum atomic E-state index is 0.681. The van der Waals surface area contributed by atoms with Crippen LogP contribution in [0.5, 0.6) is 0 Å². The molecule has 1 aliphatic carbocycles. The van der Waals surface area contributed by atoms with Gasteiger partial charge in [0.2, 0.25) is 0 Å². The predicted molar refractivity (Wildman–Crippen MR) is 136 cm³/mol. The van der Waals surface area contributed by atoms with E-state index in [9.17, 15) is 5.26 Å². The zero-order chi connectivity index (χ0) is 22.9. The van der Waals surface area contributed by atoms with E-state index in [0.29, 0.717) is 6.04 Å². The van der Waals surface area contributed by atoms with Gasteiger partial charge in [-0.15, -0.1) is 0 Å². The van der Waals surface area contributed by atoms with Crippen LogP contribution in [0.1, 0.15) is 60.8 Å². The lowest BCUT2D eigenvalue weighted by molar-refractivity contribution is 0.0971. The summed E-state index contributed by atoms with van der Waals surface area (Å²) in [6, 6.07) is 20.1. The Kier molecular flexibility index (Phi) is 8.94.